The van der Waals surface area contributed by atoms with Crippen LogP contribution >= 0.6 is 0 Å². The third-order valence-corrected chi connectivity index (χ3v) is 7.52. The van der Waals surface area contributed by atoms with E-state index in [2.05, 4.69) is 55.7 Å². The zero-order valence-corrected chi connectivity index (χ0v) is 22.9. The summed E-state index contributed by atoms with van der Waals surface area (Å²) in [4.78, 5) is 14.0. The molecule has 2 aromatic rings. The zero-order chi connectivity index (χ0) is 26.8. The van der Waals surface area contributed by atoms with E-state index >= 15 is 0 Å². The van der Waals surface area contributed by atoms with Gasteiger partial charge in [-0.15, -0.1) is 0 Å². The van der Waals surface area contributed by atoms with Gasteiger partial charge < -0.3 is 23.7 Å². The lowest BCUT2D eigenvalue weighted by Gasteiger charge is -2.44. The fraction of sp³-hybridized carbons (Fsp3) is 0.567. The van der Waals surface area contributed by atoms with Crippen LogP contribution < -0.4 is 5.43 Å². The molecule has 2 heterocycles. The maximum absolute atomic E-state index is 14.0. The molecular weight excluding hydrogens is 484 g/mol. The van der Waals surface area contributed by atoms with Gasteiger partial charge in [0, 0.05) is 25.9 Å². The van der Waals surface area contributed by atoms with E-state index in [0.29, 0.717) is 52.4 Å². The summed E-state index contributed by atoms with van der Waals surface area (Å²) in [5.74, 6) is -0.948. The fourth-order valence-electron chi connectivity index (χ4n) is 5.54. The predicted octanol–water partition coefficient (Wildman–Crippen LogP) is 3.82. The van der Waals surface area contributed by atoms with Crippen LogP contribution in [0.3, 0.4) is 0 Å². The quantitative estimate of drug-likeness (QED) is 0.563. The number of benzene rings is 2. The highest BCUT2D eigenvalue weighted by Gasteiger charge is 2.58. The number of carbonyl (C=O) groups is 1. The summed E-state index contributed by atoms with van der Waals surface area (Å²) in [7, 11) is 0. The SMILES string of the molecule is Cc1ccc(COC2C[C@](OCc3cccc(C)c3)(C(=O)NN3CCOCC3)C[C@H]3OC(C)(C)O[C@@H]23)cc1. The highest BCUT2D eigenvalue weighted by molar-refractivity contribution is 5.85. The van der Waals surface area contributed by atoms with Crippen molar-refractivity contribution in [3.05, 3.63) is 70.8 Å². The number of carbonyl (C=O) groups excluding carboxylic acids is 1. The molecule has 1 aliphatic carbocycles. The highest BCUT2D eigenvalue weighted by Crippen LogP contribution is 2.44. The molecule has 1 amide bonds. The van der Waals surface area contributed by atoms with Crippen molar-refractivity contribution in [2.24, 2.45) is 0 Å². The number of hydrogen-bond acceptors (Lipinski definition) is 7. The van der Waals surface area contributed by atoms with Gasteiger partial charge in [-0.05, 0) is 38.8 Å². The van der Waals surface area contributed by atoms with E-state index in [1.165, 1.54) is 5.56 Å². The third-order valence-electron chi connectivity index (χ3n) is 7.52. The van der Waals surface area contributed by atoms with Gasteiger partial charge in [0.1, 0.15) is 6.10 Å². The molecule has 1 N–H and O–H groups in total. The van der Waals surface area contributed by atoms with Crippen molar-refractivity contribution in [1.29, 1.82) is 0 Å². The van der Waals surface area contributed by atoms with Crippen LogP contribution in [0.4, 0.5) is 0 Å². The fourth-order valence-corrected chi connectivity index (χ4v) is 5.54. The molecule has 1 saturated carbocycles. The number of hydrogen-bond donors (Lipinski definition) is 1. The van der Waals surface area contributed by atoms with E-state index in [1.54, 1.807) is 0 Å². The van der Waals surface area contributed by atoms with Gasteiger partial charge in [0.25, 0.3) is 5.91 Å². The second-order valence-electron chi connectivity index (χ2n) is 11.2. The Kier molecular flexibility index (Phi) is 8.19. The lowest BCUT2D eigenvalue weighted by Crippen LogP contribution is -2.63. The summed E-state index contributed by atoms with van der Waals surface area (Å²) in [6, 6.07) is 16.5. The topological polar surface area (TPSA) is 78.5 Å². The molecule has 2 saturated heterocycles. The van der Waals surface area contributed by atoms with Crippen LogP contribution in [0.5, 0.6) is 0 Å². The third kappa shape index (κ3) is 6.45. The number of hydrazine groups is 1. The van der Waals surface area contributed by atoms with Gasteiger partial charge >= 0.3 is 0 Å². The van der Waals surface area contributed by atoms with Crippen LogP contribution in [0.1, 0.15) is 48.9 Å². The second-order valence-corrected chi connectivity index (χ2v) is 11.2. The second kappa shape index (κ2) is 11.4. The molecule has 8 nitrogen and oxygen atoms in total. The van der Waals surface area contributed by atoms with Gasteiger partial charge in [-0.25, -0.2) is 5.01 Å². The first-order valence-electron chi connectivity index (χ1n) is 13.6. The summed E-state index contributed by atoms with van der Waals surface area (Å²) >= 11 is 0. The van der Waals surface area contributed by atoms with Crippen LogP contribution in [0.2, 0.25) is 0 Å². The molecule has 206 valence electrons. The Morgan fingerprint density at radius 3 is 2.47 bits per heavy atom. The highest BCUT2D eigenvalue weighted by atomic mass is 16.8. The first kappa shape index (κ1) is 27.2. The van der Waals surface area contributed by atoms with Crippen molar-refractivity contribution in [3.63, 3.8) is 0 Å². The molecule has 8 heteroatoms. The van der Waals surface area contributed by atoms with E-state index in [9.17, 15) is 4.79 Å². The summed E-state index contributed by atoms with van der Waals surface area (Å²) in [6.45, 7) is 11.1. The van der Waals surface area contributed by atoms with Crippen LogP contribution in [-0.4, -0.2) is 66.9 Å². The largest absolute Gasteiger partial charge is 0.379 e. The number of amides is 1. The summed E-state index contributed by atoms with van der Waals surface area (Å²) in [5, 5.41) is 1.91. The molecule has 3 fully saturated rings. The van der Waals surface area contributed by atoms with E-state index < -0.39 is 11.4 Å². The minimum absolute atomic E-state index is 0.178. The maximum atomic E-state index is 14.0. The van der Waals surface area contributed by atoms with Crippen LogP contribution in [0, 0.1) is 13.8 Å². The van der Waals surface area contributed by atoms with Crippen molar-refractivity contribution in [3.8, 4) is 0 Å². The Hall–Kier alpha value is -2.33. The minimum Gasteiger partial charge on any atom is -0.379 e. The molecular formula is C30H40N2O6. The Labute approximate surface area is 225 Å². The summed E-state index contributed by atoms with van der Waals surface area (Å²) in [6.07, 6.45) is -0.267. The summed E-state index contributed by atoms with van der Waals surface area (Å²) < 4.78 is 31.2. The van der Waals surface area contributed by atoms with E-state index in [1.807, 2.05) is 31.0 Å². The van der Waals surface area contributed by atoms with Gasteiger partial charge in [0.15, 0.2) is 11.4 Å². The monoisotopic (exact) mass is 524 g/mol. The number of morpholine rings is 1. The van der Waals surface area contributed by atoms with Crippen LogP contribution in [0.15, 0.2) is 48.5 Å². The lowest BCUT2D eigenvalue weighted by atomic mass is 9.78. The Morgan fingerprint density at radius 1 is 0.974 bits per heavy atom. The normalized spacial score (nSPS) is 29.1. The molecule has 0 spiro atoms. The van der Waals surface area contributed by atoms with Crippen molar-refractivity contribution < 1.29 is 28.5 Å². The van der Waals surface area contributed by atoms with Gasteiger partial charge in [-0.2, -0.15) is 0 Å². The first-order valence-corrected chi connectivity index (χ1v) is 13.6. The molecule has 5 rings (SSSR count). The number of fused-ring (bicyclic) bond motifs is 1. The smallest absolute Gasteiger partial charge is 0.266 e. The molecule has 4 atom stereocenters. The number of aryl methyl sites for hydroxylation is 2. The Morgan fingerprint density at radius 2 is 1.74 bits per heavy atom. The van der Waals surface area contributed by atoms with E-state index in [-0.39, 0.29) is 24.2 Å². The minimum atomic E-state index is -1.15. The zero-order valence-electron chi connectivity index (χ0n) is 22.9. The molecule has 0 aromatic heterocycles. The van der Waals surface area contributed by atoms with E-state index in [0.717, 1.165) is 16.7 Å². The molecule has 2 aromatic carbocycles. The molecule has 2 aliphatic heterocycles. The predicted molar refractivity (Wildman–Crippen MR) is 142 cm³/mol. The standard InChI is InChI=1S/C30H40N2O6/c1-21-8-10-23(11-9-21)19-35-25-17-30(18-26-27(25)38-29(3,4)37-26,28(33)31-32-12-14-34-15-13-32)36-20-24-7-5-6-22(2)16-24/h5-11,16,25-27H,12-15,17-20H2,1-4H3,(H,31,33)/t25?,26-,27+,30-/m1/s1. The van der Waals surface area contributed by atoms with Crippen molar-refractivity contribution >= 4 is 5.91 Å². The van der Waals surface area contributed by atoms with Crippen molar-refractivity contribution in [2.45, 2.75) is 83.5 Å². The average molecular weight is 525 g/mol. The van der Waals surface area contributed by atoms with Gasteiger partial charge in [0.05, 0.1) is 38.6 Å². The molecule has 0 bridgehead atoms. The molecule has 0 radical (unpaired) electrons. The molecule has 3 aliphatic rings. The maximum Gasteiger partial charge on any atom is 0.266 e. The van der Waals surface area contributed by atoms with Crippen LogP contribution in [-0.2, 0) is 41.7 Å². The number of nitrogens with zero attached hydrogens (tertiary/aromatic N) is 1. The summed E-state index contributed by atoms with van der Waals surface area (Å²) in [5.41, 5.74) is 6.40. The number of rotatable bonds is 8. The Balaban J connectivity index is 1.40. The van der Waals surface area contributed by atoms with E-state index in [4.69, 9.17) is 23.7 Å². The van der Waals surface area contributed by atoms with Crippen molar-refractivity contribution in [1.82, 2.24) is 10.4 Å². The Bertz CT molecular complexity index is 1100. The van der Waals surface area contributed by atoms with Gasteiger partial charge in [0.2, 0.25) is 0 Å². The lowest BCUT2D eigenvalue weighted by molar-refractivity contribution is -0.187. The van der Waals surface area contributed by atoms with Crippen LogP contribution in [0.25, 0.3) is 0 Å². The number of ether oxygens (including phenoxy) is 5. The van der Waals surface area contributed by atoms with Gasteiger partial charge in [-0.3, -0.25) is 10.2 Å². The average Bonchev–Trinajstić information content (AvgIpc) is 3.21. The first-order chi connectivity index (χ1) is 18.2. The van der Waals surface area contributed by atoms with Crippen molar-refractivity contribution in [2.75, 3.05) is 26.3 Å². The molecule has 38 heavy (non-hydrogen) atoms. The number of nitrogens with one attached hydrogen (secondary N) is 1. The van der Waals surface area contributed by atoms with Gasteiger partial charge in [-0.1, -0.05) is 59.7 Å². The molecule has 1 unspecified atom stereocenters.